The van der Waals surface area contributed by atoms with Crippen LogP contribution in [0.2, 0.25) is 5.15 Å². The van der Waals surface area contributed by atoms with Crippen LogP contribution in [0, 0.1) is 0 Å². The van der Waals surface area contributed by atoms with E-state index >= 15 is 0 Å². The molecule has 7 heteroatoms. The average Bonchev–Trinajstić information content (AvgIpc) is 3.03. The van der Waals surface area contributed by atoms with Gasteiger partial charge in [0.25, 0.3) is 5.91 Å². The van der Waals surface area contributed by atoms with E-state index in [4.69, 9.17) is 16.3 Å². The van der Waals surface area contributed by atoms with Crippen molar-refractivity contribution in [2.45, 2.75) is 19.3 Å². The van der Waals surface area contributed by atoms with E-state index in [2.05, 4.69) is 58.6 Å². The topological polar surface area (TPSA) is 69.0 Å². The van der Waals surface area contributed by atoms with Gasteiger partial charge < -0.3 is 10.1 Å². The van der Waals surface area contributed by atoms with E-state index in [-0.39, 0.29) is 22.5 Å². The molecule has 1 N–H and O–H groups in total. The molecule has 0 spiro atoms. The number of para-hydroxylation sites is 1. The highest BCUT2D eigenvalue weighted by molar-refractivity contribution is 6.33. The number of aromatic nitrogens is 3. The van der Waals surface area contributed by atoms with Crippen molar-refractivity contribution in [1.82, 2.24) is 19.9 Å². The van der Waals surface area contributed by atoms with Crippen molar-refractivity contribution in [3.05, 3.63) is 82.6 Å². The summed E-state index contributed by atoms with van der Waals surface area (Å²) in [5.41, 5.74) is 3.48. The van der Waals surface area contributed by atoms with Gasteiger partial charge in [0, 0.05) is 11.1 Å². The predicted octanol–water partition coefficient (Wildman–Crippen LogP) is 4.54. The molecule has 1 aliphatic rings. The van der Waals surface area contributed by atoms with Gasteiger partial charge in [-0.1, -0.05) is 67.1 Å². The first-order valence-corrected chi connectivity index (χ1v) is 10.6. The second-order valence-electron chi connectivity index (χ2n) is 7.64. The number of amides is 1. The van der Waals surface area contributed by atoms with Gasteiger partial charge in [-0.2, -0.15) is 9.97 Å². The third kappa shape index (κ3) is 3.64. The minimum absolute atomic E-state index is 0.0826. The zero-order valence-electron chi connectivity index (χ0n) is 17.0. The van der Waals surface area contributed by atoms with Crippen LogP contribution in [0.5, 0.6) is 5.88 Å². The smallest absolute Gasteiger partial charge is 0.260 e. The summed E-state index contributed by atoms with van der Waals surface area (Å²) in [6.07, 6.45) is 0.790. The number of fused-ring (bicyclic) bond motifs is 2. The number of nitrogens with one attached hydrogen (secondary N) is 1. The molecule has 0 saturated carbocycles. The predicted molar refractivity (Wildman–Crippen MR) is 120 cm³/mol. The van der Waals surface area contributed by atoms with E-state index in [9.17, 15) is 4.79 Å². The molecule has 0 radical (unpaired) electrons. The van der Waals surface area contributed by atoms with Crippen LogP contribution in [0.4, 0.5) is 0 Å². The normalized spacial score (nSPS) is 14.5. The van der Waals surface area contributed by atoms with Crippen molar-refractivity contribution in [1.29, 1.82) is 0 Å². The summed E-state index contributed by atoms with van der Waals surface area (Å²) in [7, 11) is 0. The van der Waals surface area contributed by atoms with Gasteiger partial charge >= 0.3 is 0 Å². The monoisotopic (exact) mass is 432 g/mol. The molecule has 1 unspecified atom stereocenters. The summed E-state index contributed by atoms with van der Waals surface area (Å²) in [6, 6.07) is 20.7. The fourth-order valence-electron chi connectivity index (χ4n) is 4.01. The number of hydrogen-bond acceptors (Lipinski definition) is 4. The maximum atomic E-state index is 12.3. The molecular weight excluding hydrogens is 412 g/mol. The lowest BCUT2D eigenvalue weighted by Gasteiger charge is -2.16. The van der Waals surface area contributed by atoms with E-state index in [0.29, 0.717) is 25.0 Å². The summed E-state index contributed by atoms with van der Waals surface area (Å²) < 4.78 is 7.72. The molecule has 0 fully saturated rings. The lowest BCUT2D eigenvalue weighted by atomic mass is 9.96. The Morgan fingerprint density at radius 1 is 1.13 bits per heavy atom. The minimum Gasteiger partial charge on any atom is -0.475 e. The third-order valence-corrected chi connectivity index (χ3v) is 5.82. The van der Waals surface area contributed by atoms with Gasteiger partial charge in [0.2, 0.25) is 11.8 Å². The van der Waals surface area contributed by atoms with Gasteiger partial charge in [0.15, 0.2) is 5.15 Å². The quantitative estimate of drug-likeness (QED) is 0.480. The fraction of sp³-hybridized carbons (Fsp3) is 0.208. The largest absolute Gasteiger partial charge is 0.475 e. The van der Waals surface area contributed by atoms with E-state index in [1.165, 1.54) is 5.56 Å². The van der Waals surface area contributed by atoms with E-state index in [1.54, 1.807) is 0 Å². The highest BCUT2D eigenvalue weighted by Gasteiger charge is 2.25. The van der Waals surface area contributed by atoms with Gasteiger partial charge in [-0.3, -0.25) is 9.36 Å². The molecule has 6 nitrogen and oxygen atoms in total. The van der Waals surface area contributed by atoms with E-state index in [1.807, 2.05) is 28.8 Å². The molecule has 5 rings (SSSR count). The van der Waals surface area contributed by atoms with Gasteiger partial charge in [0.05, 0.1) is 12.1 Å². The van der Waals surface area contributed by atoms with Crippen molar-refractivity contribution < 1.29 is 9.53 Å². The molecule has 3 heterocycles. The molecule has 0 aliphatic carbocycles. The van der Waals surface area contributed by atoms with Gasteiger partial charge in [-0.25, -0.2) is 0 Å². The third-order valence-electron chi connectivity index (χ3n) is 5.54. The van der Waals surface area contributed by atoms with Crippen LogP contribution in [0.1, 0.15) is 34.5 Å². The number of benzene rings is 2. The number of carbonyl (C=O) groups excluding carboxylic acids is 1. The Labute approximate surface area is 184 Å². The Morgan fingerprint density at radius 2 is 1.90 bits per heavy atom. The lowest BCUT2D eigenvalue weighted by molar-refractivity contribution is 0.0957. The van der Waals surface area contributed by atoms with E-state index in [0.717, 1.165) is 23.0 Å². The number of rotatable bonds is 4. The van der Waals surface area contributed by atoms with Crippen LogP contribution in [0.15, 0.2) is 60.7 Å². The summed E-state index contributed by atoms with van der Waals surface area (Å²) in [6.45, 7) is 2.93. The van der Waals surface area contributed by atoms with Crippen LogP contribution >= 0.6 is 11.6 Å². The minimum atomic E-state index is -0.320. The molecule has 0 saturated heterocycles. The summed E-state index contributed by atoms with van der Waals surface area (Å²) in [4.78, 5) is 21.4. The Balaban J connectivity index is 1.64. The molecular formula is C24H21ClN4O2. The van der Waals surface area contributed by atoms with Gasteiger partial charge in [-0.05, 0) is 30.0 Å². The molecule has 1 aliphatic heterocycles. The number of carbonyl (C=O) groups is 1. The van der Waals surface area contributed by atoms with Gasteiger partial charge in [0.1, 0.15) is 12.2 Å². The second-order valence-corrected chi connectivity index (χ2v) is 8.00. The Bertz CT molecular complexity index is 1270. The number of halogens is 1. The molecule has 4 aromatic rings. The van der Waals surface area contributed by atoms with Gasteiger partial charge in [-0.15, -0.1) is 0 Å². The van der Waals surface area contributed by atoms with Crippen LogP contribution in [0.25, 0.3) is 16.9 Å². The van der Waals surface area contributed by atoms with Crippen LogP contribution in [-0.2, 0) is 6.42 Å². The van der Waals surface area contributed by atoms with Crippen molar-refractivity contribution in [3.8, 4) is 11.8 Å². The van der Waals surface area contributed by atoms with Crippen molar-refractivity contribution >= 4 is 28.4 Å². The van der Waals surface area contributed by atoms with Crippen LogP contribution in [-0.4, -0.2) is 33.6 Å². The molecule has 1 amide bonds. The maximum absolute atomic E-state index is 12.3. The Kier molecular flexibility index (Phi) is 5.08. The van der Waals surface area contributed by atoms with Crippen LogP contribution < -0.4 is 10.1 Å². The summed E-state index contributed by atoms with van der Waals surface area (Å²) >= 11 is 6.43. The second kappa shape index (κ2) is 8.04. The zero-order chi connectivity index (χ0) is 21.4. The first kappa shape index (κ1) is 19.6. The lowest BCUT2D eigenvalue weighted by Crippen LogP contribution is -2.24. The zero-order valence-corrected chi connectivity index (χ0v) is 17.8. The molecule has 1 atom stereocenters. The van der Waals surface area contributed by atoms with Crippen molar-refractivity contribution in [2.75, 3.05) is 13.2 Å². The average molecular weight is 433 g/mol. The van der Waals surface area contributed by atoms with Crippen molar-refractivity contribution in [3.63, 3.8) is 0 Å². The molecule has 0 bridgehead atoms. The molecule has 2 aromatic carbocycles. The molecule has 2 aromatic heterocycles. The molecule has 156 valence electrons. The highest BCUT2D eigenvalue weighted by Crippen LogP contribution is 2.31. The van der Waals surface area contributed by atoms with Crippen LogP contribution in [0.3, 0.4) is 0 Å². The Hall–Kier alpha value is -3.38. The Morgan fingerprint density at radius 3 is 2.74 bits per heavy atom. The van der Waals surface area contributed by atoms with Crippen molar-refractivity contribution in [2.24, 2.45) is 0 Å². The highest BCUT2D eigenvalue weighted by atomic mass is 35.5. The SMILES string of the molecule is CC(Cc1cc2ccccc2n1-c1nc(Cl)c2c(n1)OCCNC2=O)c1ccccc1. The molecule has 31 heavy (non-hydrogen) atoms. The number of ether oxygens (including phenoxy) is 1. The summed E-state index contributed by atoms with van der Waals surface area (Å²) in [5, 5.41) is 3.92. The number of nitrogens with zero attached hydrogens (tertiary/aromatic N) is 3. The fourth-order valence-corrected chi connectivity index (χ4v) is 4.25. The first-order valence-electron chi connectivity index (χ1n) is 10.2. The standard InChI is InChI=1S/C24H21ClN4O2/c1-15(16-7-3-2-4-8-16)13-18-14-17-9-5-6-10-19(17)29(18)24-27-21(25)20-22(30)26-11-12-31-23(20)28-24/h2-10,14-15H,11-13H2,1H3,(H,26,30). The summed E-state index contributed by atoms with van der Waals surface area (Å²) in [5.74, 6) is 0.585. The maximum Gasteiger partial charge on any atom is 0.260 e. The number of hydrogen-bond donors (Lipinski definition) is 1. The van der Waals surface area contributed by atoms with E-state index < -0.39 is 0 Å². The first-order chi connectivity index (χ1) is 15.1.